The monoisotopic (exact) mass is 736 g/mol. The molecule has 0 heterocycles. The van der Waals surface area contributed by atoms with Gasteiger partial charge in [-0.15, -0.1) is 13.2 Å². The molecule has 0 spiro atoms. The Morgan fingerprint density at radius 3 is 1.88 bits per heavy atom. The number of alkyl halides is 3. The summed E-state index contributed by atoms with van der Waals surface area (Å²) in [5.41, 5.74) is 1.00. The predicted octanol–water partition coefficient (Wildman–Crippen LogP) is 3.89. The first-order valence-electron chi connectivity index (χ1n) is 17.3. The number of carboxylic acid groups (broad SMARTS) is 1. The van der Waals surface area contributed by atoms with Crippen LogP contribution in [0.3, 0.4) is 0 Å². The third-order valence-corrected chi connectivity index (χ3v) is 8.56. The first kappa shape index (κ1) is 43.5. The van der Waals surface area contributed by atoms with Crippen molar-refractivity contribution in [1.82, 2.24) is 21.3 Å². The van der Waals surface area contributed by atoms with Crippen LogP contribution >= 0.6 is 0 Å². The molecule has 6 N–H and O–H groups in total. The molecular weight excluding hydrogens is 685 g/mol. The van der Waals surface area contributed by atoms with Crippen molar-refractivity contribution in [3.63, 3.8) is 0 Å². The molecule has 0 saturated carbocycles. The third-order valence-electron chi connectivity index (χ3n) is 8.56. The summed E-state index contributed by atoms with van der Waals surface area (Å²) in [6.45, 7) is 10.3. The number of hydrogen-bond acceptors (Lipinski definition) is 7. The number of carboxylic acids is 1. The number of nitrogens with one attached hydrogen (secondary N) is 4. The van der Waals surface area contributed by atoms with E-state index in [0.29, 0.717) is 6.42 Å². The van der Waals surface area contributed by atoms with Gasteiger partial charge in [0.2, 0.25) is 23.6 Å². The Labute approximate surface area is 302 Å². The summed E-state index contributed by atoms with van der Waals surface area (Å²) in [6, 6.07) is 9.76. The highest BCUT2D eigenvalue weighted by atomic mass is 19.4. The van der Waals surface area contributed by atoms with Gasteiger partial charge in [-0.3, -0.25) is 19.2 Å². The molecule has 0 saturated heterocycles. The van der Waals surface area contributed by atoms with E-state index in [2.05, 4.69) is 26.0 Å². The number of carbonyl (C=O) groups excluding carboxylic acids is 4. The van der Waals surface area contributed by atoms with Crippen molar-refractivity contribution in [2.45, 2.75) is 110 Å². The molecule has 6 unspecified atom stereocenters. The molecule has 2 aromatic carbocycles. The number of aliphatic hydroxyl groups is 1. The van der Waals surface area contributed by atoms with E-state index >= 15 is 0 Å². The summed E-state index contributed by atoms with van der Waals surface area (Å²) in [6.07, 6.45) is -6.14. The van der Waals surface area contributed by atoms with E-state index in [-0.39, 0.29) is 37.2 Å². The van der Waals surface area contributed by atoms with Crippen molar-refractivity contribution in [3.8, 4) is 5.75 Å². The standard InChI is InChI=1S/C37H51F3N4O8/c1-7-23(6)33(35(49)44-32(22(4)5)36(50)51)42-29(46)17-16-28(45)27(19-24-12-9-8-10-13-24)41-34(48)31(21(2)3)43-30(47)20-25-14-11-15-26(18-25)52-37(38,39)40/h8-15,18,21-23,27-28,31-33,45H,7,16-17,19-20H2,1-6H3,(H,41,48)(H,42,46)(H,43,47)(H,44,49)(H,50,51). The summed E-state index contributed by atoms with van der Waals surface area (Å²) in [5, 5.41) is 31.4. The minimum Gasteiger partial charge on any atom is -0.480 e. The van der Waals surface area contributed by atoms with Crippen LogP contribution in [0.5, 0.6) is 5.75 Å². The number of carbonyl (C=O) groups is 5. The van der Waals surface area contributed by atoms with Gasteiger partial charge in [0, 0.05) is 6.42 Å². The molecule has 0 aliphatic carbocycles. The van der Waals surface area contributed by atoms with E-state index in [1.807, 2.05) is 6.92 Å². The third kappa shape index (κ3) is 14.9. The maximum Gasteiger partial charge on any atom is 0.573 e. The lowest BCUT2D eigenvalue weighted by atomic mass is 9.95. The van der Waals surface area contributed by atoms with Gasteiger partial charge in [-0.05, 0) is 53.9 Å². The Morgan fingerprint density at radius 1 is 0.750 bits per heavy atom. The van der Waals surface area contributed by atoms with Gasteiger partial charge in [0.15, 0.2) is 0 Å². The van der Waals surface area contributed by atoms with Crippen LogP contribution in [0.25, 0.3) is 0 Å². The summed E-state index contributed by atoms with van der Waals surface area (Å²) in [7, 11) is 0. The fraction of sp³-hybridized carbons (Fsp3) is 0.541. The Kier molecular flexibility index (Phi) is 17.1. The van der Waals surface area contributed by atoms with Crippen molar-refractivity contribution in [2.75, 3.05) is 0 Å². The molecule has 4 amide bonds. The van der Waals surface area contributed by atoms with Gasteiger partial charge in [-0.1, -0.05) is 90.4 Å². The summed E-state index contributed by atoms with van der Waals surface area (Å²) >= 11 is 0. The fourth-order valence-electron chi connectivity index (χ4n) is 5.41. The van der Waals surface area contributed by atoms with Crippen molar-refractivity contribution in [3.05, 3.63) is 65.7 Å². The van der Waals surface area contributed by atoms with Crippen LogP contribution in [0.1, 0.15) is 71.9 Å². The van der Waals surface area contributed by atoms with Gasteiger partial charge in [-0.25, -0.2) is 4.79 Å². The molecule has 52 heavy (non-hydrogen) atoms. The highest BCUT2D eigenvalue weighted by Gasteiger charge is 2.33. The van der Waals surface area contributed by atoms with Crippen molar-refractivity contribution in [2.24, 2.45) is 17.8 Å². The lowest BCUT2D eigenvalue weighted by molar-refractivity contribution is -0.274. The molecule has 2 aromatic rings. The number of halogens is 3. The molecule has 0 aliphatic rings. The van der Waals surface area contributed by atoms with E-state index in [1.54, 1.807) is 65.0 Å². The quantitative estimate of drug-likeness (QED) is 0.118. The largest absolute Gasteiger partial charge is 0.573 e. The number of aliphatic hydroxyl groups excluding tert-OH is 1. The Bertz CT molecular complexity index is 1490. The van der Waals surface area contributed by atoms with Crippen molar-refractivity contribution in [1.29, 1.82) is 0 Å². The molecule has 6 atom stereocenters. The zero-order valence-corrected chi connectivity index (χ0v) is 30.3. The van der Waals surface area contributed by atoms with E-state index in [4.69, 9.17) is 0 Å². The maximum atomic E-state index is 13.6. The van der Waals surface area contributed by atoms with Gasteiger partial charge in [0.05, 0.1) is 18.6 Å². The number of amides is 4. The summed E-state index contributed by atoms with van der Waals surface area (Å²) in [4.78, 5) is 64.3. The lowest BCUT2D eigenvalue weighted by Crippen LogP contribution is -2.56. The van der Waals surface area contributed by atoms with Crippen LogP contribution in [0.15, 0.2) is 54.6 Å². The topological polar surface area (TPSA) is 183 Å². The SMILES string of the molecule is CCC(C)C(NC(=O)CCC(O)C(Cc1ccccc1)NC(=O)C(NC(=O)Cc1cccc(OC(F)(F)F)c1)C(C)C)C(=O)NC(C(=O)O)C(C)C. The number of rotatable bonds is 20. The minimum atomic E-state index is -4.90. The number of hydrogen-bond donors (Lipinski definition) is 6. The molecule has 0 aliphatic heterocycles. The van der Waals surface area contributed by atoms with Crippen LogP contribution in [-0.4, -0.2) is 76.4 Å². The molecular formula is C37H51F3N4O8. The Hall–Kier alpha value is -4.66. The van der Waals surface area contributed by atoms with E-state index in [0.717, 1.165) is 17.7 Å². The van der Waals surface area contributed by atoms with Crippen LogP contribution in [0.2, 0.25) is 0 Å². The molecule has 2 rings (SSSR count). The smallest absolute Gasteiger partial charge is 0.480 e. The molecule has 12 nitrogen and oxygen atoms in total. The average Bonchev–Trinajstić information content (AvgIpc) is 3.05. The van der Waals surface area contributed by atoms with E-state index in [1.165, 1.54) is 12.1 Å². The second-order valence-electron chi connectivity index (χ2n) is 13.6. The molecule has 0 radical (unpaired) electrons. The number of aliphatic carboxylic acids is 1. The molecule has 288 valence electrons. The van der Waals surface area contributed by atoms with Crippen molar-refractivity contribution >= 4 is 29.6 Å². The van der Waals surface area contributed by atoms with Gasteiger partial charge in [-0.2, -0.15) is 0 Å². The van der Waals surface area contributed by atoms with Crippen LogP contribution < -0.4 is 26.0 Å². The molecule has 0 aromatic heterocycles. The highest BCUT2D eigenvalue weighted by Crippen LogP contribution is 2.23. The zero-order chi connectivity index (χ0) is 39.2. The Morgan fingerprint density at radius 2 is 1.33 bits per heavy atom. The fourth-order valence-corrected chi connectivity index (χ4v) is 5.41. The van der Waals surface area contributed by atoms with E-state index in [9.17, 15) is 47.4 Å². The second kappa shape index (κ2) is 20.4. The van der Waals surface area contributed by atoms with Crippen LogP contribution in [-0.2, 0) is 36.8 Å². The molecule has 0 fully saturated rings. The number of ether oxygens (including phenoxy) is 1. The van der Waals surface area contributed by atoms with Gasteiger partial charge < -0.3 is 36.2 Å². The second-order valence-corrected chi connectivity index (χ2v) is 13.6. The zero-order valence-electron chi connectivity index (χ0n) is 30.3. The van der Waals surface area contributed by atoms with Crippen LogP contribution in [0.4, 0.5) is 13.2 Å². The molecule has 0 bridgehead atoms. The lowest BCUT2D eigenvalue weighted by Gasteiger charge is -2.29. The van der Waals surface area contributed by atoms with Gasteiger partial charge in [0.1, 0.15) is 23.9 Å². The minimum absolute atomic E-state index is 0.114. The normalized spacial score (nSPS) is 15.1. The Balaban J connectivity index is 2.16. The predicted molar refractivity (Wildman–Crippen MR) is 187 cm³/mol. The first-order valence-corrected chi connectivity index (χ1v) is 17.3. The van der Waals surface area contributed by atoms with Gasteiger partial charge >= 0.3 is 12.3 Å². The number of benzene rings is 2. The summed E-state index contributed by atoms with van der Waals surface area (Å²) < 4.78 is 41.9. The van der Waals surface area contributed by atoms with E-state index < -0.39 is 83.8 Å². The van der Waals surface area contributed by atoms with Crippen molar-refractivity contribution < 1.29 is 52.1 Å². The average molecular weight is 737 g/mol. The maximum absolute atomic E-state index is 13.6. The molecule has 15 heteroatoms. The summed E-state index contributed by atoms with van der Waals surface area (Å²) in [5.74, 6) is -5.28. The first-order chi connectivity index (χ1) is 24.3. The van der Waals surface area contributed by atoms with Crippen LogP contribution in [0, 0.1) is 17.8 Å². The van der Waals surface area contributed by atoms with Gasteiger partial charge in [0.25, 0.3) is 0 Å². The highest BCUT2D eigenvalue weighted by molar-refractivity contribution is 5.91.